The highest BCUT2D eigenvalue weighted by Gasteiger charge is 2.18. The largest absolute Gasteiger partial charge is 0.449 e. The Labute approximate surface area is 241 Å². The standard InChI is InChI=1S/C28H55IN2O5S/c1-3-4-5-6-7-8-9-10-11-12-13-14-15-16-17-18-21-30-28(33)36-25-27(23-26(2)32)24-31-37(34,35)22-19-20-29/h27,31H,3-25H2,1-2H3,(H,30,33). The minimum Gasteiger partial charge on any atom is -0.449 e. The van der Waals surface area contributed by atoms with Crippen LogP contribution in [0.4, 0.5) is 4.79 Å². The lowest BCUT2D eigenvalue weighted by molar-refractivity contribution is -0.118. The smallest absolute Gasteiger partial charge is 0.407 e. The Bertz CT molecular complexity index is 661. The molecule has 7 nitrogen and oxygen atoms in total. The molecular formula is C28H55IN2O5S. The Kier molecular flexibility index (Phi) is 25.5. The summed E-state index contributed by atoms with van der Waals surface area (Å²) in [5.41, 5.74) is 0. The summed E-state index contributed by atoms with van der Waals surface area (Å²) in [4.78, 5) is 23.5. The van der Waals surface area contributed by atoms with E-state index < -0.39 is 16.1 Å². The lowest BCUT2D eigenvalue weighted by Crippen LogP contribution is -2.35. The molecule has 37 heavy (non-hydrogen) atoms. The first-order chi connectivity index (χ1) is 17.8. The molecule has 2 N–H and O–H groups in total. The maximum atomic E-state index is 12.0. The van der Waals surface area contributed by atoms with Gasteiger partial charge in [0.25, 0.3) is 0 Å². The number of ether oxygens (including phenoxy) is 1. The van der Waals surface area contributed by atoms with Crippen molar-refractivity contribution in [1.82, 2.24) is 10.0 Å². The number of carbonyl (C=O) groups is 2. The van der Waals surface area contributed by atoms with E-state index in [1.165, 1.54) is 96.8 Å². The van der Waals surface area contributed by atoms with Crippen molar-refractivity contribution in [2.75, 3.05) is 29.9 Å². The van der Waals surface area contributed by atoms with Crippen LogP contribution in [0.5, 0.6) is 0 Å². The van der Waals surface area contributed by atoms with Crippen LogP contribution in [0, 0.1) is 5.92 Å². The molecule has 1 unspecified atom stereocenters. The highest BCUT2D eigenvalue weighted by atomic mass is 127. The first-order valence-electron chi connectivity index (χ1n) is 14.7. The number of carbonyl (C=O) groups excluding carboxylic acids is 2. The van der Waals surface area contributed by atoms with Crippen LogP contribution in [-0.2, 0) is 19.6 Å². The van der Waals surface area contributed by atoms with E-state index in [2.05, 4.69) is 39.6 Å². The molecule has 0 radical (unpaired) electrons. The summed E-state index contributed by atoms with van der Waals surface area (Å²) in [6.45, 7) is 4.39. The second-order valence-electron chi connectivity index (χ2n) is 10.3. The molecule has 0 rings (SSSR count). The molecule has 0 aliphatic heterocycles. The summed E-state index contributed by atoms with van der Waals surface area (Å²) in [5, 5.41) is 2.76. The number of rotatable bonds is 27. The summed E-state index contributed by atoms with van der Waals surface area (Å²) >= 11 is 2.14. The Morgan fingerprint density at radius 2 is 1.27 bits per heavy atom. The molecule has 0 saturated carbocycles. The van der Waals surface area contributed by atoms with Gasteiger partial charge in [0.05, 0.1) is 12.4 Å². The zero-order valence-corrected chi connectivity index (χ0v) is 26.6. The zero-order valence-electron chi connectivity index (χ0n) is 23.7. The average Bonchev–Trinajstić information content (AvgIpc) is 2.86. The Balaban J connectivity index is 3.68. The highest BCUT2D eigenvalue weighted by Crippen LogP contribution is 2.13. The van der Waals surface area contributed by atoms with E-state index in [1.54, 1.807) is 0 Å². The van der Waals surface area contributed by atoms with Crippen LogP contribution >= 0.6 is 22.6 Å². The third-order valence-corrected chi connectivity index (χ3v) is 8.66. The number of halogens is 1. The molecule has 1 atom stereocenters. The van der Waals surface area contributed by atoms with E-state index in [9.17, 15) is 18.0 Å². The van der Waals surface area contributed by atoms with Gasteiger partial charge in [0, 0.05) is 29.9 Å². The lowest BCUT2D eigenvalue weighted by atomic mass is 10.0. The fourth-order valence-electron chi connectivity index (χ4n) is 4.27. The third kappa shape index (κ3) is 27.0. The van der Waals surface area contributed by atoms with Gasteiger partial charge in [-0.1, -0.05) is 126 Å². The van der Waals surface area contributed by atoms with Crippen molar-refractivity contribution in [3.63, 3.8) is 0 Å². The van der Waals surface area contributed by atoms with E-state index in [0.717, 1.165) is 17.3 Å². The van der Waals surface area contributed by atoms with Gasteiger partial charge in [-0.25, -0.2) is 17.9 Å². The molecule has 0 aliphatic rings. The second-order valence-corrected chi connectivity index (χ2v) is 13.3. The number of nitrogens with one attached hydrogen (secondary N) is 2. The topological polar surface area (TPSA) is 102 Å². The minimum atomic E-state index is -3.37. The Morgan fingerprint density at radius 1 is 0.784 bits per heavy atom. The summed E-state index contributed by atoms with van der Waals surface area (Å²) < 4.78 is 32.5. The maximum absolute atomic E-state index is 12.0. The quantitative estimate of drug-likeness (QED) is 0.0548. The van der Waals surface area contributed by atoms with Crippen LogP contribution in [0.2, 0.25) is 0 Å². The zero-order chi connectivity index (χ0) is 27.6. The summed E-state index contributed by atoms with van der Waals surface area (Å²) in [7, 11) is -3.37. The minimum absolute atomic E-state index is 0.0131. The normalized spacial score (nSPS) is 12.4. The van der Waals surface area contributed by atoms with Gasteiger partial charge in [0.2, 0.25) is 10.0 Å². The summed E-state index contributed by atoms with van der Waals surface area (Å²) in [6.07, 6.45) is 21.2. The van der Waals surface area contributed by atoms with E-state index in [0.29, 0.717) is 13.0 Å². The molecule has 0 bridgehead atoms. The molecule has 0 spiro atoms. The average molecular weight is 659 g/mol. The van der Waals surface area contributed by atoms with Gasteiger partial charge in [0.1, 0.15) is 5.78 Å². The van der Waals surface area contributed by atoms with E-state index >= 15 is 0 Å². The summed E-state index contributed by atoms with van der Waals surface area (Å²) in [6, 6.07) is 0. The third-order valence-electron chi connectivity index (χ3n) is 6.46. The van der Waals surface area contributed by atoms with Gasteiger partial charge in [0.15, 0.2) is 0 Å². The van der Waals surface area contributed by atoms with Crippen molar-refractivity contribution in [2.24, 2.45) is 5.92 Å². The van der Waals surface area contributed by atoms with Crippen LogP contribution in [0.3, 0.4) is 0 Å². The van der Waals surface area contributed by atoms with Gasteiger partial charge in [-0.15, -0.1) is 0 Å². The van der Waals surface area contributed by atoms with Gasteiger partial charge in [-0.05, 0) is 19.8 Å². The fourth-order valence-corrected chi connectivity index (χ4v) is 6.32. The highest BCUT2D eigenvalue weighted by molar-refractivity contribution is 14.1. The van der Waals surface area contributed by atoms with Gasteiger partial charge in [-0.3, -0.25) is 0 Å². The van der Waals surface area contributed by atoms with Gasteiger partial charge >= 0.3 is 6.09 Å². The van der Waals surface area contributed by atoms with Gasteiger partial charge in [-0.2, -0.15) is 0 Å². The van der Waals surface area contributed by atoms with E-state index in [4.69, 9.17) is 4.74 Å². The Hall–Kier alpha value is -0.420. The van der Waals surface area contributed by atoms with Crippen molar-refractivity contribution < 1.29 is 22.7 Å². The number of alkyl carbamates (subject to hydrolysis) is 1. The molecule has 0 aliphatic carbocycles. The summed E-state index contributed by atoms with van der Waals surface area (Å²) in [5.74, 6) is -0.370. The van der Waals surface area contributed by atoms with Crippen molar-refractivity contribution in [3.05, 3.63) is 0 Å². The predicted molar refractivity (Wildman–Crippen MR) is 163 cm³/mol. The molecule has 9 heteroatoms. The molecule has 1 amide bonds. The van der Waals surface area contributed by atoms with Crippen LogP contribution in [0.1, 0.15) is 129 Å². The first-order valence-corrected chi connectivity index (χ1v) is 17.9. The molecule has 0 aromatic rings. The van der Waals surface area contributed by atoms with Crippen LogP contribution in [0.25, 0.3) is 0 Å². The molecule has 220 valence electrons. The van der Waals surface area contributed by atoms with E-state index in [1.807, 2.05) is 0 Å². The monoisotopic (exact) mass is 658 g/mol. The number of ketones is 1. The number of amides is 1. The molecule has 0 aromatic carbocycles. The van der Waals surface area contributed by atoms with Crippen molar-refractivity contribution in [2.45, 2.75) is 129 Å². The van der Waals surface area contributed by atoms with Crippen LogP contribution in [0.15, 0.2) is 0 Å². The SMILES string of the molecule is CCCCCCCCCCCCCCCCCCNC(=O)OCC(CNS(=O)(=O)CCCI)CC(C)=O. The first kappa shape index (κ1) is 36.6. The van der Waals surface area contributed by atoms with Crippen molar-refractivity contribution in [1.29, 1.82) is 0 Å². The number of hydrogen-bond acceptors (Lipinski definition) is 5. The second kappa shape index (κ2) is 25.8. The number of Topliss-reactive ketones (excluding diaryl/α,β-unsaturated/α-hetero) is 1. The number of hydrogen-bond donors (Lipinski definition) is 2. The lowest BCUT2D eigenvalue weighted by Gasteiger charge is -2.17. The van der Waals surface area contributed by atoms with E-state index in [-0.39, 0.29) is 37.0 Å². The Morgan fingerprint density at radius 3 is 1.73 bits per heavy atom. The predicted octanol–water partition coefficient (Wildman–Crippen LogP) is 7.31. The van der Waals surface area contributed by atoms with Crippen molar-refractivity contribution in [3.8, 4) is 0 Å². The van der Waals surface area contributed by atoms with Crippen molar-refractivity contribution >= 4 is 44.5 Å². The number of unbranched alkanes of at least 4 members (excludes halogenated alkanes) is 15. The molecule has 0 heterocycles. The molecule has 0 aromatic heterocycles. The number of sulfonamides is 1. The van der Waals surface area contributed by atoms with Crippen LogP contribution in [-0.4, -0.2) is 50.2 Å². The van der Waals surface area contributed by atoms with Gasteiger partial charge < -0.3 is 14.8 Å². The fraction of sp³-hybridized carbons (Fsp3) is 0.929. The number of alkyl halides is 1. The molecule has 0 fully saturated rings. The molecule has 0 saturated heterocycles. The maximum Gasteiger partial charge on any atom is 0.407 e. The molecular weight excluding hydrogens is 603 g/mol. The van der Waals surface area contributed by atoms with Crippen LogP contribution < -0.4 is 10.0 Å².